The summed E-state index contributed by atoms with van der Waals surface area (Å²) in [6.45, 7) is 6.52. The van der Waals surface area contributed by atoms with Crippen molar-refractivity contribution in [2.45, 2.75) is 19.3 Å². The summed E-state index contributed by atoms with van der Waals surface area (Å²) in [5.74, 6) is 2.07. The van der Waals surface area contributed by atoms with Gasteiger partial charge in [-0.1, -0.05) is 37.6 Å². The molecule has 1 aromatic carbocycles. The third-order valence-electron chi connectivity index (χ3n) is 3.59. The second-order valence-corrected chi connectivity index (χ2v) is 7.31. The number of carbonyl (C=O) groups excluding carboxylic acids is 1. The first-order valence-electron chi connectivity index (χ1n) is 6.85. The third kappa shape index (κ3) is 4.06. The highest BCUT2D eigenvalue weighted by Crippen LogP contribution is 2.25. The number of thioether (sulfide) groups is 1. The molecule has 0 atom stereocenters. The molecule has 2 rings (SSSR count). The molecule has 1 N–H and O–H groups in total. The predicted molar refractivity (Wildman–Crippen MR) is 86.8 cm³/mol. The monoisotopic (exact) mass is 312 g/mol. The Morgan fingerprint density at radius 2 is 2.10 bits per heavy atom. The van der Waals surface area contributed by atoms with Gasteiger partial charge in [0.05, 0.1) is 0 Å². The molecule has 0 radical (unpaired) electrons. The minimum Gasteiger partial charge on any atom is -0.337 e. The first kappa shape index (κ1) is 15.5. The lowest BCUT2D eigenvalue weighted by molar-refractivity contribution is 0.200. The Kier molecular flexibility index (Phi) is 5.22. The van der Waals surface area contributed by atoms with Gasteiger partial charge in [0.25, 0.3) is 0 Å². The van der Waals surface area contributed by atoms with E-state index in [0.29, 0.717) is 6.54 Å². The van der Waals surface area contributed by atoms with Gasteiger partial charge in [-0.3, -0.25) is 0 Å². The molecule has 1 aliphatic heterocycles. The van der Waals surface area contributed by atoms with Crippen molar-refractivity contribution in [2.24, 2.45) is 0 Å². The summed E-state index contributed by atoms with van der Waals surface area (Å²) < 4.78 is 0. The standard InChI is InChI=1S/C15H21ClN2OS/c1-15(2,12-4-3-5-13(16)10-12)11-17-14(19)18-6-8-20-9-7-18/h3-5,10H,6-9,11H2,1-2H3,(H,17,19). The normalized spacial score (nSPS) is 16.1. The molecular formula is C15H21ClN2OS. The second-order valence-electron chi connectivity index (χ2n) is 5.65. The second kappa shape index (κ2) is 6.72. The van der Waals surface area contributed by atoms with Crippen molar-refractivity contribution < 1.29 is 4.79 Å². The molecule has 0 saturated carbocycles. The van der Waals surface area contributed by atoms with E-state index in [2.05, 4.69) is 25.2 Å². The minimum atomic E-state index is -0.134. The largest absolute Gasteiger partial charge is 0.337 e. The number of urea groups is 1. The summed E-state index contributed by atoms with van der Waals surface area (Å²) in [6.07, 6.45) is 0. The van der Waals surface area contributed by atoms with Crippen molar-refractivity contribution in [3.63, 3.8) is 0 Å². The van der Waals surface area contributed by atoms with Crippen molar-refractivity contribution in [2.75, 3.05) is 31.1 Å². The Balaban J connectivity index is 1.93. The summed E-state index contributed by atoms with van der Waals surface area (Å²) in [5, 5.41) is 3.78. The molecular weight excluding hydrogens is 292 g/mol. The van der Waals surface area contributed by atoms with Crippen molar-refractivity contribution in [1.82, 2.24) is 10.2 Å². The number of hydrogen-bond acceptors (Lipinski definition) is 2. The molecule has 0 unspecified atom stereocenters. The number of hydrogen-bond donors (Lipinski definition) is 1. The van der Waals surface area contributed by atoms with E-state index in [1.165, 1.54) is 0 Å². The van der Waals surface area contributed by atoms with Crippen LogP contribution in [0.25, 0.3) is 0 Å². The zero-order valence-electron chi connectivity index (χ0n) is 12.0. The van der Waals surface area contributed by atoms with Crippen LogP contribution in [0.3, 0.4) is 0 Å². The van der Waals surface area contributed by atoms with Crippen LogP contribution in [0.5, 0.6) is 0 Å². The van der Waals surface area contributed by atoms with E-state index in [4.69, 9.17) is 11.6 Å². The highest BCUT2D eigenvalue weighted by atomic mass is 35.5. The first-order chi connectivity index (χ1) is 9.49. The minimum absolute atomic E-state index is 0.0420. The molecule has 0 spiro atoms. The van der Waals surface area contributed by atoms with Gasteiger partial charge in [0, 0.05) is 41.6 Å². The third-order valence-corrected chi connectivity index (χ3v) is 4.76. The lowest BCUT2D eigenvalue weighted by Gasteiger charge is -2.30. The van der Waals surface area contributed by atoms with Crippen LogP contribution in [0.15, 0.2) is 24.3 Å². The lowest BCUT2D eigenvalue weighted by Crippen LogP contribution is -2.47. The van der Waals surface area contributed by atoms with Crippen LogP contribution in [0, 0.1) is 0 Å². The molecule has 1 aromatic rings. The number of carbonyl (C=O) groups is 1. The maximum atomic E-state index is 12.1. The Bertz CT molecular complexity index is 473. The van der Waals surface area contributed by atoms with Gasteiger partial charge in [0.2, 0.25) is 0 Å². The van der Waals surface area contributed by atoms with E-state index >= 15 is 0 Å². The van der Waals surface area contributed by atoms with Crippen molar-refractivity contribution in [1.29, 1.82) is 0 Å². The van der Waals surface area contributed by atoms with Crippen LogP contribution in [-0.2, 0) is 5.41 Å². The van der Waals surface area contributed by atoms with Crippen molar-refractivity contribution in [3.05, 3.63) is 34.9 Å². The van der Waals surface area contributed by atoms with Crippen molar-refractivity contribution in [3.8, 4) is 0 Å². The average molecular weight is 313 g/mol. The fourth-order valence-electron chi connectivity index (χ4n) is 2.19. The molecule has 1 fully saturated rings. The number of halogens is 1. The van der Waals surface area contributed by atoms with Gasteiger partial charge >= 0.3 is 6.03 Å². The molecule has 0 aliphatic carbocycles. The lowest BCUT2D eigenvalue weighted by atomic mass is 9.84. The Morgan fingerprint density at radius 1 is 1.40 bits per heavy atom. The Morgan fingerprint density at radius 3 is 2.75 bits per heavy atom. The molecule has 3 nitrogen and oxygen atoms in total. The molecule has 2 amide bonds. The van der Waals surface area contributed by atoms with Gasteiger partial charge in [-0.05, 0) is 17.7 Å². The molecule has 1 heterocycles. The summed E-state index contributed by atoms with van der Waals surface area (Å²) in [5.41, 5.74) is 1.00. The topological polar surface area (TPSA) is 32.3 Å². The zero-order chi connectivity index (χ0) is 14.6. The molecule has 5 heteroatoms. The maximum absolute atomic E-state index is 12.1. The highest BCUT2D eigenvalue weighted by Gasteiger charge is 2.23. The van der Waals surface area contributed by atoms with Crippen LogP contribution in [-0.4, -0.2) is 42.1 Å². The SMILES string of the molecule is CC(C)(CNC(=O)N1CCSCC1)c1cccc(Cl)c1. The molecule has 1 saturated heterocycles. The van der Waals surface area contributed by atoms with Gasteiger partial charge in [0.15, 0.2) is 0 Å². The quantitative estimate of drug-likeness (QED) is 0.928. The number of amides is 2. The maximum Gasteiger partial charge on any atom is 0.317 e. The van der Waals surface area contributed by atoms with Gasteiger partial charge in [-0.2, -0.15) is 11.8 Å². The Hall–Kier alpha value is -0.870. The first-order valence-corrected chi connectivity index (χ1v) is 8.39. The fourth-order valence-corrected chi connectivity index (χ4v) is 3.28. The van der Waals surface area contributed by atoms with E-state index < -0.39 is 0 Å². The fraction of sp³-hybridized carbons (Fsp3) is 0.533. The average Bonchev–Trinajstić information content (AvgIpc) is 2.46. The van der Waals surface area contributed by atoms with Gasteiger partial charge < -0.3 is 10.2 Å². The summed E-state index contributed by atoms with van der Waals surface area (Å²) in [6, 6.07) is 7.87. The van der Waals surface area contributed by atoms with Gasteiger partial charge in [0.1, 0.15) is 0 Å². The summed E-state index contributed by atoms with van der Waals surface area (Å²) >= 11 is 7.94. The smallest absolute Gasteiger partial charge is 0.317 e. The number of rotatable bonds is 3. The van der Waals surface area contributed by atoms with E-state index in [0.717, 1.165) is 35.2 Å². The Labute approximate surface area is 130 Å². The molecule has 0 bridgehead atoms. The predicted octanol–water partition coefficient (Wildman–Crippen LogP) is 3.38. The zero-order valence-corrected chi connectivity index (χ0v) is 13.6. The summed E-state index contributed by atoms with van der Waals surface area (Å²) in [4.78, 5) is 14.0. The summed E-state index contributed by atoms with van der Waals surface area (Å²) in [7, 11) is 0. The van der Waals surface area contributed by atoms with E-state index in [-0.39, 0.29) is 11.4 Å². The van der Waals surface area contributed by atoms with E-state index in [1.807, 2.05) is 34.9 Å². The van der Waals surface area contributed by atoms with Crippen LogP contribution in [0.2, 0.25) is 5.02 Å². The van der Waals surface area contributed by atoms with Gasteiger partial charge in [-0.25, -0.2) is 4.79 Å². The van der Waals surface area contributed by atoms with E-state index in [9.17, 15) is 4.79 Å². The van der Waals surface area contributed by atoms with Crippen molar-refractivity contribution >= 4 is 29.4 Å². The number of nitrogens with zero attached hydrogens (tertiary/aromatic N) is 1. The highest BCUT2D eigenvalue weighted by molar-refractivity contribution is 7.99. The molecule has 1 aliphatic rings. The molecule has 0 aromatic heterocycles. The van der Waals surface area contributed by atoms with Crippen LogP contribution in [0.4, 0.5) is 4.79 Å². The van der Waals surface area contributed by atoms with Crippen LogP contribution in [0.1, 0.15) is 19.4 Å². The number of nitrogens with one attached hydrogen (secondary N) is 1. The van der Waals surface area contributed by atoms with Gasteiger partial charge in [-0.15, -0.1) is 0 Å². The number of benzene rings is 1. The van der Waals surface area contributed by atoms with Crippen LogP contribution < -0.4 is 5.32 Å². The molecule has 110 valence electrons. The molecule has 20 heavy (non-hydrogen) atoms. The van der Waals surface area contributed by atoms with E-state index in [1.54, 1.807) is 0 Å². The van der Waals surface area contributed by atoms with Crippen LogP contribution >= 0.6 is 23.4 Å².